The Labute approximate surface area is 161 Å². The number of hydrogen-bond donors (Lipinski definition) is 2. The number of aromatic amines is 1. The van der Waals surface area contributed by atoms with E-state index < -0.39 is 30.3 Å². The highest BCUT2D eigenvalue weighted by atomic mass is 19.3. The monoisotopic (exact) mass is 402 g/mol. The highest BCUT2D eigenvalue weighted by molar-refractivity contribution is 6.04. The Morgan fingerprint density at radius 3 is 2.66 bits per heavy atom. The maximum Gasteiger partial charge on any atom is 0.586 e. The molecule has 0 aliphatic carbocycles. The number of hydrogen-bond acceptors (Lipinski definition) is 6. The average molecular weight is 402 g/mol. The average Bonchev–Trinajstić information content (AvgIpc) is 2.98. The van der Waals surface area contributed by atoms with E-state index in [1.54, 1.807) is 24.3 Å². The number of carbonyl (C=O) groups is 2. The third-order valence-electron chi connectivity index (χ3n) is 3.99. The van der Waals surface area contributed by atoms with E-state index in [-0.39, 0.29) is 22.7 Å². The van der Waals surface area contributed by atoms with E-state index in [0.717, 1.165) is 12.1 Å². The van der Waals surface area contributed by atoms with E-state index >= 15 is 0 Å². The maximum atomic E-state index is 13.0. The van der Waals surface area contributed by atoms with Crippen LogP contribution in [0.25, 0.3) is 10.9 Å². The van der Waals surface area contributed by atoms with Crippen molar-refractivity contribution in [3.63, 3.8) is 0 Å². The van der Waals surface area contributed by atoms with Crippen molar-refractivity contribution in [2.45, 2.75) is 6.29 Å². The van der Waals surface area contributed by atoms with Gasteiger partial charge in [0.25, 0.3) is 5.91 Å². The molecule has 0 unspecified atom stereocenters. The van der Waals surface area contributed by atoms with Gasteiger partial charge in [0.1, 0.15) is 0 Å². The minimum atomic E-state index is -3.77. The van der Waals surface area contributed by atoms with Gasteiger partial charge in [0, 0.05) is 28.7 Å². The van der Waals surface area contributed by atoms with Crippen LogP contribution in [0.5, 0.6) is 11.5 Å². The molecular weight excluding hydrogens is 390 g/mol. The predicted octanol–water partition coefficient (Wildman–Crippen LogP) is 2.65. The van der Waals surface area contributed by atoms with E-state index in [1.165, 1.54) is 12.1 Å². The second kappa shape index (κ2) is 6.89. The van der Waals surface area contributed by atoms with Crippen LogP contribution in [-0.4, -0.2) is 29.8 Å². The van der Waals surface area contributed by atoms with Crippen LogP contribution in [0.15, 0.2) is 53.3 Å². The lowest BCUT2D eigenvalue weighted by Crippen LogP contribution is -2.25. The van der Waals surface area contributed by atoms with Gasteiger partial charge in [-0.2, -0.15) is 0 Å². The number of halogens is 2. The largest absolute Gasteiger partial charge is 0.586 e. The number of carbonyl (C=O) groups excluding carboxylic acids is 2. The number of fused-ring (bicyclic) bond motifs is 2. The Balaban J connectivity index is 1.42. The summed E-state index contributed by atoms with van der Waals surface area (Å²) in [6.07, 6.45) is -3.77. The fraction of sp³-hybridized carbons (Fsp3) is 0.105. The summed E-state index contributed by atoms with van der Waals surface area (Å²) in [5.41, 5.74) is 0.126. The molecule has 0 atom stereocenters. The first-order valence-corrected chi connectivity index (χ1v) is 8.30. The van der Waals surface area contributed by atoms with Crippen LogP contribution in [0.1, 0.15) is 10.4 Å². The van der Waals surface area contributed by atoms with Gasteiger partial charge in [-0.15, -0.1) is 8.78 Å². The first-order chi connectivity index (χ1) is 13.8. The van der Waals surface area contributed by atoms with Crippen LogP contribution in [0.4, 0.5) is 14.5 Å². The number of anilines is 1. The van der Waals surface area contributed by atoms with Crippen molar-refractivity contribution in [3.05, 3.63) is 64.4 Å². The van der Waals surface area contributed by atoms with E-state index in [2.05, 4.69) is 19.8 Å². The number of pyridine rings is 1. The summed E-state index contributed by atoms with van der Waals surface area (Å²) < 4.78 is 39.6. The molecule has 0 saturated carbocycles. The zero-order valence-corrected chi connectivity index (χ0v) is 14.5. The Bertz CT molecular complexity index is 1190. The first kappa shape index (κ1) is 18.4. The van der Waals surface area contributed by atoms with Crippen molar-refractivity contribution >= 4 is 28.5 Å². The highest BCUT2D eigenvalue weighted by Gasteiger charge is 2.43. The van der Waals surface area contributed by atoms with Gasteiger partial charge in [-0.1, -0.05) is 18.2 Å². The molecule has 2 aromatic carbocycles. The quantitative estimate of drug-likeness (QED) is 0.650. The molecule has 1 amide bonds. The van der Waals surface area contributed by atoms with Crippen molar-refractivity contribution in [2.75, 3.05) is 11.9 Å². The van der Waals surface area contributed by atoms with Crippen LogP contribution < -0.4 is 20.3 Å². The van der Waals surface area contributed by atoms with E-state index in [9.17, 15) is 23.2 Å². The molecule has 0 radical (unpaired) electrons. The summed E-state index contributed by atoms with van der Waals surface area (Å²) >= 11 is 0. The minimum absolute atomic E-state index is 0.0162. The number of aromatic nitrogens is 1. The third kappa shape index (κ3) is 3.86. The third-order valence-corrected chi connectivity index (χ3v) is 3.99. The maximum absolute atomic E-state index is 13.0. The second-order valence-electron chi connectivity index (χ2n) is 6.05. The van der Waals surface area contributed by atoms with Gasteiger partial charge in [0.2, 0.25) is 5.56 Å². The molecule has 0 spiro atoms. The van der Waals surface area contributed by atoms with E-state index in [4.69, 9.17) is 4.74 Å². The van der Waals surface area contributed by atoms with Crippen LogP contribution >= 0.6 is 0 Å². The number of benzene rings is 2. The highest BCUT2D eigenvalue weighted by Crippen LogP contribution is 2.42. The van der Waals surface area contributed by atoms with Gasteiger partial charge in [-0.3, -0.25) is 9.59 Å². The zero-order valence-electron chi connectivity index (χ0n) is 14.5. The standard InChI is InChI=1S/C19H12F2N2O6/c20-19(21)28-14-6-5-10(7-15(14)29-19)22-17(25)9-27-18(26)12-8-16(24)23-13-4-2-1-3-11(12)13/h1-8H,9H2,(H,22,25)(H,23,24). The fourth-order valence-electron chi connectivity index (χ4n) is 2.81. The number of rotatable bonds is 4. The van der Waals surface area contributed by atoms with Crippen LogP contribution in [-0.2, 0) is 9.53 Å². The van der Waals surface area contributed by atoms with Crippen LogP contribution in [0.3, 0.4) is 0 Å². The Kier molecular flexibility index (Phi) is 4.38. The molecule has 8 nitrogen and oxygen atoms in total. The number of H-pyrrole nitrogens is 1. The molecule has 0 saturated heterocycles. The van der Waals surface area contributed by atoms with Crippen LogP contribution in [0, 0.1) is 0 Å². The van der Waals surface area contributed by atoms with Gasteiger partial charge in [-0.25, -0.2) is 4.79 Å². The van der Waals surface area contributed by atoms with Gasteiger partial charge in [0.05, 0.1) is 5.56 Å². The summed E-state index contributed by atoms with van der Waals surface area (Å²) in [5, 5.41) is 2.86. The Morgan fingerprint density at radius 2 is 1.83 bits per heavy atom. The molecule has 1 aromatic heterocycles. The van der Waals surface area contributed by atoms with Gasteiger partial charge < -0.3 is 24.5 Å². The number of para-hydroxylation sites is 1. The summed E-state index contributed by atoms with van der Waals surface area (Å²) in [7, 11) is 0. The Hall–Kier alpha value is -3.95. The van der Waals surface area contributed by atoms with Crippen molar-refractivity contribution < 1.29 is 32.6 Å². The van der Waals surface area contributed by atoms with Crippen molar-refractivity contribution in [1.29, 1.82) is 0 Å². The lowest BCUT2D eigenvalue weighted by atomic mass is 10.1. The number of ether oxygens (including phenoxy) is 3. The molecule has 4 rings (SSSR count). The zero-order chi connectivity index (χ0) is 20.6. The summed E-state index contributed by atoms with van der Waals surface area (Å²) in [6, 6.07) is 11.4. The number of esters is 1. The summed E-state index contributed by atoms with van der Waals surface area (Å²) in [6.45, 7) is -0.648. The fourth-order valence-corrected chi connectivity index (χ4v) is 2.81. The molecule has 0 bridgehead atoms. The lowest BCUT2D eigenvalue weighted by Gasteiger charge is -2.08. The SMILES string of the molecule is O=C(COC(=O)c1cc(=O)[nH]c2ccccc12)Nc1ccc2c(c1)OC(F)(F)O2. The molecular formula is C19H12F2N2O6. The molecule has 1 aliphatic rings. The Morgan fingerprint density at radius 1 is 1.07 bits per heavy atom. The number of amides is 1. The normalized spacial score (nSPS) is 13.9. The van der Waals surface area contributed by atoms with Crippen molar-refractivity contribution in [3.8, 4) is 11.5 Å². The smallest absolute Gasteiger partial charge is 0.452 e. The molecule has 29 heavy (non-hydrogen) atoms. The topological polar surface area (TPSA) is 107 Å². The molecule has 148 valence electrons. The predicted molar refractivity (Wildman–Crippen MR) is 96.1 cm³/mol. The summed E-state index contributed by atoms with van der Waals surface area (Å²) in [5.74, 6) is -1.97. The van der Waals surface area contributed by atoms with Crippen molar-refractivity contribution in [2.24, 2.45) is 0 Å². The number of alkyl halides is 2. The number of nitrogens with one attached hydrogen (secondary N) is 2. The molecule has 10 heteroatoms. The molecule has 1 aliphatic heterocycles. The van der Waals surface area contributed by atoms with Crippen molar-refractivity contribution in [1.82, 2.24) is 4.98 Å². The van der Waals surface area contributed by atoms with E-state index in [1.807, 2.05) is 0 Å². The molecule has 3 aromatic rings. The minimum Gasteiger partial charge on any atom is -0.452 e. The molecule has 2 N–H and O–H groups in total. The van der Waals surface area contributed by atoms with Gasteiger partial charge in [0.15, 0.2) is 18.1 Å². The van der Waals surface area contributed by atoms with Crippen LogP contribution in [0.2, 0.25) is 0 Å². The molecule has 2 heterocycles. The second-order valence-corrected chi connectivity index (χ2v) is 6.05. The van der Waals surface area contributed by atoms with E-state index in [0.29, 0.717) is 10.9 Å². The molecule has 0 fully saturated rings. The van der Waals surface area contributed by atoms with Gasteiger partial charge in [-0.05, 0) is 18.2 Å². The first-order valence-electron chi connectivity index (χ1n) is 8.30. The lowest BCUT2D eigenvalue weighted by molar-refractivity contribution is -0.286. The summed E-state index contributed by atoms with van der Waals surface area (Å²) in [4.78, 5) is 38.6. The van der Waals surface area contributed by atoms with Gasteiger partial charge >= 0.3 is 12.3 Å².